The Balaban J connectivity index is 2.43. The Kier molecular flexibility index (Phi) is 3.86. The Labute approximate surface area is 124 Å². The zero-order valence-electron chi connectivity index (χ0n) is 11.8. The maximum absolute atomic E-state index is 13.5. The summed E-state index contributed by atoms with van der Waals surface area (Å²) in [6.07, 6.45) is -4.71. The molecule has 1 amide bonds. The molecule has 1 aromatic carbocycles. The fraction of sp³-hybridized carbons (Fsp3) is 0.462. The Morgan fingerprint density at radius 1 is 1.32 bits per heavy atom. The lowest BCUT2D eigenvalue weighted by Crippen LogP contribution is -2.51. The molecule has 1 aromatic rings. The van der Waals surface area contributed by atoms with E-state index in [0.29, 0.717) is 0 Å². The summed E-state index contributed by atoms with van der Waals surface area (Å²) >= 11 is 0. The lowest BCUT2D eigenvalue weighted by Gasteiger charge is -2.37. The highest BCUT2D eigenvalue weighted by Gasteiger charge is 2.52. The molecule has 1 heterocycles. The molecule has 0 unspecified atom stereocenters. The number of carbonyl (C=O) groups is 1. The van der Waals surface area contributed by atoms with Crippen LogP contribution in [0.15, 0.2) is 24.3 Å². The zero-order valence-corrected chi connectivity index (χ0v) is 11.8. The van der Waals surface area contributed by atoms with Crippen molar-refractivity contribution in [2.45, 2.75) is 38.0 Å². The van der Waals surface area contributed by atoms with E-state index in [1.54, 1.807) is 0 Å². The van der Waals surface area contributed by atoms with Crippen LogP contribution in [0, 0.1) is 10.1 Å². The van der Waals surface area contributed by atoms with Crippen LogP contribution in [0.25, 0.3) is 0 Å². The van der Waals surface area contributed by atoms with Crippen LogP contribution in [-0.4, -0.2) is 27.6 Å². The Hall–Kier alpha value is -2.16. The zero-order chi connectivity index (χ0) is 16.7. The van der Waals surface area contributed by atoms with Crippen LogP contribution < -0.4 is 5.43 Å². The van der Waals surface area contributed by atoms with E-state index in [9.17, 15) is 28.1 Å². The summed E-state index contributed by atoms with van der Waals surface area (Å²) < 4.78 is 40.4. The van der Waals surface area contributed by atoms with Crippen molar-refractivity contribution in [1.29, 1.82) is 0 Å². The quantitative estimate of drug-likeness (QED) is 0.687. The number of nitro benzene ring substituents is 1. The van der Waals surface area contributed by atoms with Crippen LogP contribution in [0.1, 0.15) is 31.9 Å². The average Bonchev–Trinajstić information content (AvgIpc) is 2.61. The number of amides is 1. The highest BCUT2D eigenvalue weighted by Crippen LogP contribution is 2.42. The molecule has 0 bridgehead atoms. The van der Waals surface area contributed by atoms with Crippen molar-refractivity contribution in [3.63, 3.8) is 0 Å². The van der Waals surface area contributed by atoms with E-state index in [0.717, 1.165) is 29.3 Å². The lowest BCUT2D eigenvalue weighted by molar-refractivity contribution is -0.384. The SMILES string of the molecule is CC1(C)CC(=O)NN1[C@@H](c1ccc([N+](=O)[O-])cc1)C(F)(F)F. The predicted molar refractivity (Wildman–Crippen MR) is 70.6 cm³/mol. The van der Waals surface area contributed by atoms with E-state index < -0.39 is 28.6 Å². The number of nitrogens with zero attached hydrogens (tertiary/aromatic N) is 2. The smallest absolute Gasteiger partial charge is 0.287 e. The van der Waals surface area contributed by atoms with Gasteiger partial charge in [0.15, 0.2) is 6.04 Å². The molecular weight excluding hydrogens is 303 g/mol. The molecule has 1 N–H and O–H groups in total. The first kappa shape index (κ1) is 16.2. The molecule has 9 heteroatoms. The number of hydrogen-bond acceptors (Lipinski definition) is 4. The fourth-order valence-corrected chi connectivity index (χ4v) is 2.48. The highest BCUT2D eigenvalue weighted by molar-refractivity contribution is 5.79. The van der Waals surface area contributed by atoms with Gasteiger partial charge in [0.2, 0.25) is 5.91 Å². The number of hydrazine groups is 1. The normalized spacial score (nSPS) is 19.8. The third-order valence-corrected chi connectivity index (χ3v) is 3.48. The van der Waals surface area contributed by atoms with Gasteiger partial charge in [0, 0.05) is 24.1 Å². The van der Waals surface area contributed by atoms with Gasteiger partial charge in [0.05, 0.1) is 4.92 Å². The Bertz CT molecular complexity index is 599. The molecule has 0 radical (unpaired) electrons. The minimum Gasteiger partial charge on any atom is -0.287 e. The number of carbonyl (C=O) groups excluding carboxylic acids is 1. The van der Waals surface area contributed by atoms with Gasteiger partial charge in [0.25, 0.3) is 5.69 Å². The molecule has 6 nitrogen and oxygen atoms in total. The molecule has 0 saturated carbocycles. The first-order valence-corrected chi connectivity index (χ1v) is 6.42. The van der Waals surface area contributed by atoms with E-state index in [1.807, 2.05) is 0 Å². The summed E-state index contributed by atoms with van der Waals surface area (Å²) in [6.45, 7) is 3.05. The minimum atomic E-state index is -4.65. The Morgan fingerprint density at radius 3 is 2.23 bits per heavy atom. The minimum absolute atomic E-state index is 0.0629. The van der Waals surface area contributed by atoms with E-state index in [1.165, 1.54) is 13.8 Å². The number of alkyl halides is 3. The summed E-state index contributed by atoms with van der Waals surface area (Å²) in [5.74, 6) is -0.499. The van der Waals surface area contributed by atoms with Crippen LogP contribution in [0.5, 0.6) is 0 Å². The van der Waals surface area contributed by atoms with Crippen LogP contribution in [0.2, 0.25) is 0 Å². The summed E-state index contributed by atoms with van der Waals surface area (Å²) in [5.41, 5.74) is 0.729. The fourth-order valence-electron chi connectivity index (χ4n) is 2.48. The van der Waals surface area contributed by atoms with Crippen molar-refractivity contribution >= 4 is 11.6 Å². The van der Waals surface area contributed by atoms with E-state index >= 15 is 0 Å². The molecule has 0 spiro atoms. The summed E-state index contributed by atoms with van der Waals surface area (Å²) in [5, 5.41) is 11.5. The number of rotatable bonds is 3. The van der Waals surface area contributed by atoms with Gasteiger partial charge in [-0.3, -0.25) is 20.3 Å². The molecule has 1 aliphatic heterocycles. The van der Waals surface area contributed by atoms with Gasteiger partial charge in [-0.05, 0) is 19.4 Å². The van der Waals surface area contributed by atoms with Crippen molar-refractivity contribution in [1.82, 2.24) is 10.4 Å². The van der Waals surface area contributed by atoms with Crippen molar-refractivity contribution in [3.8, 4) is 0 Å². The topological polar surface area (TPSA) is 75.5 Å². The number of nitrogens with one attached hydrogen (secondary N) is 1. The number of hydrogen-bond donors (Lipinski definition) is 1. The number of nitro groups is 1. The highest BCUT2D eigenvalue weighted by atomic mass is 19.4. The maximum Gasteiger partial charge on any atom is 0.409 e. The third kappa shape index (κ3) is 3.03. The van der Waals surface area contributed by atoms with Gasteiger partial charge in [-0.1, -0.05) is 12.1 Å². The molecular formula is C13H14F3N3O3. The average molecular weight is 317 g/mol. The van der Waals surface area contributed by atoms with Crippen molar-refractivity contribution < 1.29 is 22.9 Å². The van der Waals surface area contributed by atoms with Gasteiger partial charge in [-0.2, -0.15) is 18.2 Å². The second-order valence-corrected chi connectivity index (χ2v) is 5.69. The molecule has 1 aliphatic rings. The summed E-state index contributed by atoms with van der Waals surface area (Å²) in [6, 6.07) is 2.06. The van der Waals surface area contributed by atoms with E-state index in [-0.39, 0.29) is 17.7 Å². The molecule has 1 atom stereocenters. The van der Waals surface area contributed by atoms with E-state index in [4.69, 9.17) is 0 Å². The molecule has 1 saturated heterocycles. The first-order valence-electron chi connectivity index (χ1n) is 6.42. The van der Waals surface area contributed by atoms with Crippen LogP contribution in [0.3, 0.4) is 0 Å². The van der Waals surface area contributed by atoms with Crippen LogP contribution in [0.4, 0.5) is 18.9 Å². The van der Waals surface area contributed by atoms with E-state index in [2.05, 4.69) is 5.43 Å². The molecule has 0 aromatic heterocycles. The summed E-state index contributed by atoms with van der Waals surface area (Å²) in [4.78, 5) is 21.4. The van der Waals surface area contributed by atoms with Gasteiger partial charge >= 0.3 is 6.18 Å². The second-order valence-electron chi connectivity index (χ2n) is 5.69. The largest absolute Gasteiger partial charge is 0.409 e. The first-order chi connectivity index (χ1) is 10.0. The van der Waals surface area contributed by atoms with Gasteiger partial charge < -0.3 is 0 Å². The molecule has 2 rings (SSSR count). The van der Waals surface area contributed by atoms with Crippen molar-refractivity contribution in [2.24, 2.45) is 0 Å². The molecule has 0 aliphatic carbocycles. The second kappa shape index (κ2) is 5.24. The maximum atomic E-state index is 13.5. The number of non-ortho nitro benzene ring substituents is 1. The predicted octanol–water partition coefficient (Wildman–Crippen LogP) is 2.71. The van der Waals surface area contributed by atoms with Gasteiger partial charge in [-0.15, -0.1) is 0 Å². The molecule has 22 heavy (non-hydrogen) atoms. The van der Waals surface area contributed by atoms with Crippen molar-refractivity contribution in [3.05, 3.63) is 39.9 Å². The van der Waals surface area contributed by atoms with Gasteiger partial charge in [0.1, 0.15) is 0 Å². The Morgan fingerprint density at radius 2 is 1.86 bits per heavy atom. The number of benzene rings is 1. The molecule has 1 fully saturated rings. The number of halogens is 3. The van der Waals surface area contributed by atoms with Gasteiger partial charge in [-0.25, -0.2) is 0 Å². The van der Waals surface area contributed by atoms with Crippen molar-refractivity contribution in [2.75, 3.05) is 0 Å². The third-order valence-electron chi connectivity index (χ3n) is 3.48. The van der Waals surface area contributed by atoms with Crippen LogP contribution in [-0.2, 0) is 4.79 Å². The monoisotopic (exact) mass is 317 g/mol. The summed E-state index contributed by atoms with van der Waals surface area (Å²) in [7, 11) is 0. The lowest BCUT2D eigenvalue weighted by atomic mass is 9.97. The molecule has 120 valence electrons. The van der Waals surface area contributed by atoms with Crippen LogP contribution >= 0.6 is 0 Å². The standard InChI is InChI=1S/C13H14F3N3O3/c1-12(2)7-10(20)17-18(12)11(13(14,15)16)8-3-5-9(6-4-8)19(21)22/h3-6,11H,7H2,1-2H3,(H,17,20)/t11-/m0/s1.